The molecule has 3 aliphatic rings. The van der Waals surface area contributed by atoms with Crippen LogP contribution in [0.4, 0.5) is 5.69 Å². The monoisotopic (exact) mass is 379 g/mol. The predicted octanol–water partition coefficient (Wildman–Crippen LogP) is 4.67. The summed E-state index contributed by atoms with van der Waals surface area (Å²) in [6.45, 7) is 6.85. The van der Waals surface area contributed by atoms with Crippen molar-refractivity contribution in [2.24, 2.45) is 10.9 Å². The highest BCUT2D eigenvalue weighted by Gasteiger charge is 2.42. The quantitative estimate of drug-likeness (QED) is 0.689. The highest BCUT2D eigenvalue weighted by atomic mass is 15.0. The largest absolute Gasteiger partial charge is 0.248 e. The Kier molecular flexibility index (Phi) is 4.06. The van der Waals surface area contributed by atoms with Crippen LogP contribution in [0.2, 0.25) is 0 Å². The summed E-state index contributed by atoms with van der Waals surface area (Å²) in [7, 11) is 2.16. The van der Waals surface area contributed by atoms with Gasteiger partial charge in [0, 0.05) is 28.8 Å². The van der Waals surface area contributed by atoms with Crippen molar-refractivity contribution < 1.29 is 4.58 Å². The van der Waals surface area contributed by atoms with Gasteiger partial charge in [0.15, 0.2) is 5.71 Å². The van der Waals surface area contributed by atoms with Crippen molar-refractivity contribution in [1.29, 1.82) is 0 Å². The summed E-state index contributed by atoms with van der Waals surface area (Å²) in [5.41, 5.74) is 7.72. The molecule has 0 fully saturated rings. The lowest BCUT2D eigenvalue weighted by molar-refractivity contribution is -0.401. The zero-order valence-corrected chi connectivity index (χ0v) is 17.6. The molecule has 2 aliphatic heterocycles. The minimum atomic E-state index is -0.00142. The molecule has 1 aliphatic carbocycles. The van der Waals surface area contributed by atoms with E-state index in [0.717, 1.165) is 17.5 Å². The second-order valence-electron chi connectivity index (χ2n) is 8.67. The molecule has 144 valence electrons. The third-order valence-corrected chi connectivity index (χ3v) is 6.61. The Labute approximate surface area is 172 Å². The summed E-state index contributed by atoms with van der Waals surface area (Å²) in [6, 6.07) is 15.4. The summed E-state index contributed by atoms with van der Waals surface area (Å²) in [4.78, 5) is 4.91. The molecule has 1 atom stereocenters. The Morgan fingerprint density at radius 3 is 2.72 bits per heavy atom. The van der Waals surface area contributed by atoms with Gasteiger partial charge in [-0.25, -0.2) is 4.99 Å². The predicted molar refractivity (Wildman–Crippen MR) is 121 cm³/mol. The van der Waals surface area contributed by atoms with Crippen molar-refractivity contribution in [2.75, 3.05) is 7.05 Å². The average molecular weight is 380 g/mol. The van der Waals surface area contributed by atoms with E-state index >= 15 is 0 Å². The van der Waals surface area contributed by atoms with E-state index < -0.39 is 0 Å². The summed E-state index contributed by atoms with van der Waals surface area (Å²) in [5.74, 6) is 0.475. The van der Waals surface area contributed by atoms with E-state index in [1.807, 2.05) is 0 Å². The summed E-state index contributed by atoms with van der Waals surface area (Å²) in [5, 5.41) is 2.39. The molecule has 0 bridgehead atoms. The maximum Gasteiger partial charge on any atom is 0.209 e. The first kappa shape index (κ1) is 18.1. The van der Waals surface area contributed by atoms with Crippen LogP contribution in [0.15, 0.2) is 77.5 Å². The molecule has 5 rings (SSSR count). The molecule has 2 aromatic rings. The lowest BCUT2D eigenvalue weighted by Gasteiger charge is -2.16. The van der Waals surface area contributed by atoms with Crippen LogP contribution in [0.3, 0.4) is 0 Å². The van der Waals surface area contributed by atoms with Crippen molar-refractivity contribution in [2.45, 2.75) is 32.6 Å². The molecule has 2 heterocycles. The smallest absolute Gasteiger partial charge is 0.209 e. The fourth-order valence-corrected chi connectivity index (χ4v) is 5.01. The Morgan fingerprint density at radius 1 is 1.10 bits per heavy atom. The topological polar surface area (TPSA) is 15.4 Å². The number of allylic oxidation sites excluding steroid dienone is 5. The van der Waals surface area contributed by atoms with Gasteiger partial charge < -0.3 is 0 Å². The van der Waals surface area contributed by atoms with Gasteiger partial charge in [-0.15, -0.1) is 0 Å². The average Bonchev–Trinajstić information content (AvgIpc) is 3.19. The first-order valence-corrected chi connectivity index (χ1v) is 10.5. The first-order chi connectivity index (χ1) is 14.0. The molecule has 0 amide bonds. The summed E-state index contributed by atoms with van der Waals surface area (Å²) < 4.78 is 2.32. The zero-order valence-electron chi connectivity index (χ0n) is 17.6. The van der Waals surface area contributed by atoms with Gasteiger partial charge >= 0.3 is 0 Å². The molecular weight excluding hydrogens is 352 g/mol. The minimum Gasteiger partial charge on any atom is -0.248 e. The van der Waals surface area contributed by atoms with Crippen LogP contribution in [0.25, 0.3) is 11.6 Å². The van der Waals surface area contributed by atoms with Gasteiger partial charge in [0.2, 0.25) is 5.69 Å². The van der Waals surface area contributed by atoms with Gasteiger partial charge in [0.05, 0.1) is 16.5 Å². The number of nitrogens with zero attached hydrogens (tertiary/aromatic N) is 2. The van der Waals surface area contributed by atoms with Crippen LogP contribution in [0, 0.1) is 5.92 Å². The second-order valence-corrected chi connectivity index (χ2v) is 8.67. The van der Waals surface area contributed by atoms with Crippen molar-refractivity contribution in [3.05, 3.63) is 94.2 Å². The molecule has 0 N–H and O–H groups in total. The number of para-hydroxylation sites is 1. The van der Waals surface area contributed by atoms with E-state index in [9.17, 15) is 0 Å². The lowest BCUT2D eigenvalue weighted by atomic mass is 9.81. The lowest BCUT2D eigenvalue weighted by Crippen LogP contribution is -2.26. The summed E-state index contributed by atoms with van der Waals surface area (Å²) in [6.07, 6.45) is 12.2. The van der Waals surface area contributed by atoms with E-state index in [1.165, 1.54) is 33.3 Å². The molecular formula is C27H27N2+. The first-order valence-electron chi connectivity index (χ1n) is 10.5. The van der Waals surface area contributed by atoms with Crippen molar-refractivity contribution in [3.8, 4) is 0 Å². The number of hydrogen-bond acceptors (Lipinski definition) is 1. The maximum absolute atomic E-state index is 4.91. The molecule has 0 saturated heterocycles. The standard InChI is InChI=1S/C27H27N2/c1-5-19-9-8-11-22-26(19)20-15-13-18(17-23(20)28-22)14-16-25-27(2,3)21-10-6-7-12-24(21)29(25)4/h6-17,19H,5H2,1-4H3/q+1. The van der Waals surface area contributed by atoms with E-state index in [2.05, 4.69) is 105 Å². The van der Waals surface area contributed by atoms with Gasteiger partial charge in [-0.1, -0.05) is 49.4 Å². The molecule has 0 radical (unpaired) electrons. The molecule has 1 unspecified atom stereocenters. The van der Waals surface area contributed by atoms with E-state index in [0.29, 0.717) is 5.92 Å². The molecule has 29 heavy (non-hydrogen) atoms. The van der Waals surface area contributed by atoms with Crippen LogP contribution < -0.4 is 10.6 Å². The second kappa shape index (κ2) is 6.52. The van der Waals surface area contributed by atoms with Gasteiger partial charge in [-0.2, -0.15) is 4.58 Å². The van der Waals surface area contributed by atoms with Gasteiger partial charge in [-0.3, -0.25) is 0 Å². The van der Waals surface area contributed by atoms with E-state index in [1.54, 1.807) is 0 Å². The van der Waals surface area contributed by atoms with Crippen molar-refractivity contribution >= 4 is 23.0 Å². The molecule has 2 nitrogen and oxygen atoms in total. The zero-order chi connectivity index (χ0) is 20.2. The fourth-order valence-electron chi connectivity index (χ4n) is 5.01. The van der Waals surface area contributed by atoms with E-state index in [-0.39, 0.29) is 5.41 Å². The highest BCUT2D eigenvalue weighted by Crippen LogP contribution is 2.39. The van der Waals surface area contributed by atoms with Crippen molar-refractivity contribution in [1.82, 2.24) is 0 Å². The molecule has 0 aromatic heterocycles. The third kappa shape index (κ3) is 2.70. The Morgan fingerprint density at radius 2 is 1.93 bits per heavy atom. The SMILES string of the molecule is CCC1C=CC=C2N=c3cc(C=CC4=[N+](C)c5ccccc5C4(C)C)ccc3=C21. The number of hydrogen-bond donors (Lipinski definition) is 0. The molecule has 0 spiro atoms. The van der Waals surface area contributed by atoms with Crippen LogP contribution in [-0.2, 0) is 5.41 Å². The number of fused-ring (bicyclic) bond motifs is 3. The van der Waals surface area contributed by atoms with Gasteiger partial charge in [0.25, 0.3) is 0 Å². The number of benzene rings is 2. The molecule has 2 heteroatoms. The number of rotatable bonds is 3. The Bertz CT molecular complexity index is 1270. The Hall–Kier alpha value is -3.00. The van der Waals surface area contributed by atoms with Crippen LogP contribution >= 0.6 is 0 Å². The molecule has 2 aromatic carbocycles. The normalized spacial score (nSPS) is 21.2. The Balaban J connectivity index is 1.54. The van der Waals surface area contributed by atoms with Crippen molar-refractivity contribution in [3.63, 3.8) is 0 Å². The van der Waals surface area contributed by atoms with Crippen LogP contribution in [-0.4, -0.2) is 17.3 Å². The van der Waals surface area contributed by atoms with E-state index in [4.69, 9.17) is 4.99 Å². The molecule has 0 saturated carbocycles. The maximum atomic E-state index is 4.91. The fraction of sp³-hybridized carbons (Fsp3) is 0.259. The van der Waals surface area contributed by atoms with Crippen LogP contribution in [0.5, 0.6) is 0 Å². The van der Waals surface area contributed by atoms with Gasteiger partial charge in [-0.05, 0) is 49.6 Å². The third-order valence-electron chi connectivity index (χ3n) is 6.61. The highest BCUT2D eigenvalue weighted by molar-refractivity contribution is 6.05. The van der Waals surface area contributed by atoms with Gasteiger partial charge in [0.1, 0.15) is 7.05 Å². The van der Waals surface area contributed by atoms with Crippen LogP contribution in [0.1, 0.15) is 38.3 Å². The summed E-state index contributed by atoms with van der Waals surface area (Å²) >= 11 is 0. The minimum absolute atomic E-state index is 0.00142.